The number of hydrogen-bond donors (Lipinski definition) is 2. The number of carbonyl (C=O) groups is 1. The minimum atomic E-state index is -3.92. The van der Waals surface area contributed by atoms with Crippen LogP contribution in [0.5, 0.6) is 0 Å². The molecule has 0 radical (unpaired) electrons. The topological polar surface area (TPSA) is 106 Å². The normalized spacial score (nSPS) is 13.2. The van der Waals surface area contributed by atoms with E-state index in [1.165, 1.54) is 77.0 Å². The van der Waals surface area contributed by atoms with Crippen LogP contribution in [0.25, 0.3) is 0 Å². The highest BCUT2D eigenvalue weighted by atomic mass is 31.2. The Labute approximate surface area is 311 Å². The number of unbranched alkanes of at least 4 members (excludes halogenated alkanes) is 21. The first-order valence-corrected chi connectivity index (χ1v) is 22.9. The molecule has 0 saturated heterocycles. The summed E-state index contributed by atoms with van der Waals surface area (Å²) in [7, 11) is -3.92. The summed E-state index contributed by atoms with van der Waals surface area (Å²) in [4.78, 5) is 24.2. The number of rotatable bonds is 38. The van der Waals surface area contributed by atoms with Gasteiger partial charge in [0.1, 0.15) is 0 Å². The predicted molar refractivity (Wildman–Crippen MR) is 213 cm³/mol. The van der Waals surface area contributed by atoms with Crippen LogP contribution in [0, 0.1) is 0 Å². The second-order valence-corrected chi connectivity index (χ2v) is 15.8. The minimum Gasteiger partial charge on any atom is -0.463 e. The number of phosphoric ester groups is 1. The van der Waals surface area contributed by atoms with E-state index < -0.39 is 7.82 Å². The number of aliphatic hydroxyl groups is 1. The molecule has 0 amide bonds. The zero-order valence-electron chi connectivity index (χ0n) is 33.9. The van der Waals surface area contributed by atoms with Gasteiger partial charge in [-0.3, -0.25) is 13.8 Å². The summed E-state index contributed by atoms with van der Waals surface area (Å²) in [5.74, 6) is -0.0548. The molecular weight excluding hydrogens is 649 g/mol. The summed E-state index contributed by atoms with van der Waals surface area (Å²) >= 11 is 0. The summed E-state index contributed by atoms with van der Waals surface area (Å²) in [6.07, 6.45) is 31.8. The molecule has 0 aliphatic heterocycles. The molecule has 50 heavy (non-hydrogen) atoms. The number of phosphoric acid groups is 1. The van der Waals surface area contributed by atoms with E-state index in [9.17, 15) is 19.4 Å². The molecule has 0 aromatic rings. The molecule has 0 aliphatic carbocycles. The average molecular weight is 736 g/mol. The van der Waals surface area contributed by atoms with Gasteiger partial charge in [0.25, 0.3) is 0 Å². The standard InChI is InChI=1S/C33H68NO7P.C8H18/c1-4-6-8-10-16-22-30-39-42(37,38)40-31-23-17-12-15-21-27-34(28-29-35)26-20-14-11-13-19-25-33(36)41-32(3)24-18-9-7-5-2;1-3-5-7-8-6-4-2/h32,35H,4-31H2,1-3H3,(H,37,38);3-8H2,1-2H3. The molecule has 2 unspecified atom stereocenters. The quantitative estimate of drug-likeness (QED) is 0.0367. The van der Waals surface area contributed by atoms with E-state index in [0.29, 0.717) is 13.0 Å². The first kappa shape index (κ1) is 51.6. The van der Waals surface area contributed by atoms with Crippen LogP contribution in [0.3, 0.4) is 0 Å². The highest BCUT2D eigenvalue weighted by Crippen LogP contribution is 2.43. The van der Waals surface area contributed by atoms with Crippen LogP contribution in [-0.4, -0.2) is 66.4 Å². The fraction of sp³-hybridized carbons (Fsp3) is 0.976. The zero-order valence-corrected chi connectivity index (χ0v) is 34.8. The van der Waals surface area contributed by atoms with E-state index in [1.54, 1.807) is 0 Å². The molecule has 0 fully saturated rings. The van der Waals surface area contributed by atoms with Gasteiger partial charge in [-0.25, -0.2) is 4.57 Å². The van der Waals surface area contributed by atoms with Gasteiger partial charge in [-0.05, 0) is 65.0 Å². The van der Waals surface area contributed by atoms with Crippen LogP contribution in [0.1, 0.15) is 214 Å². The minimum absolute atomic E-state index is 0.0342. The molecule has 0 rings (SSSR count). The first-order chi connectivity index (χ1) is 24.3. The van der Waals surface area contributed by atoms with Crippen molar-refractivity contribution in [2.24, 2.45) is 0 Å². The van der Waals surface area contributed by atoms with Crippen molar-refractivity contribution in [3.05, 3.63) is 0 Å². The number of ether oxygens (including phenoxy) is 1. The highest BCUT2D eigenvalue weighted by Gasteiger charge is 2.20. The summed E-state index contributed by atoms with van der Waals surface area (Å²) in [5, 5.41) is 9.42. The second-order valence-electron chi connectivity index (χ2n) is 14.3. The molecule has 0 spiro atoms. The third-order valence-corrected chi connectivity index (χ3v) is 10.2. The van der Waals surface area contributed by atoms with Gasteiger partial charge in [0.15, 0.2) is 0 Å². The lowest BCUT2D eigenvalue weighted by atomic mass is 10.1. The number of aliphatic hydroxyl groups excluding tert-OH is 1. The van der Waals surface area contributed by atoms with Crippen molar-refractivity contribution in [2.45, 2.75) is 221 Å². The maximum atomic E-state index is 12.0. The predicted octanol–water partition coefficient (Wildman–Crippen LogP) is 12.3. The molecule has 0 bridgehead atoms. The molecule has 2 N–H and O–H groups in total. The van der Waals surface area contributed by atoms with Gasteiger partial charge in [0.05, 0.1) is 25.9 Å². The van der Waals surface area contributed by atoms with Gasteiger partial charge in [0.2, 0.25) is 0 Å². The van der Waals surface area contributed by atoms with Crippen molar-refractivity contribution in [1.29, 1.82) is 0 Å². The first-order valence-electron chi connectivity index (χ1n) is 21.4. The van der Waals surface area contributed by atoms with Crippen molar-refractivity contribution in [1.82, 2.24) is 4.90 Å². The Morgan fingerprint density at radius 3 is 1.38 bits per heavy atom. The maximum absolute atomic E-state index is 12.0. The van der Waals surface area contributed by atoms with Gasteiger partial charge in [-0.15, -0.1) is 0 Å². The van der Waals surface area contributed by atoms with Gasteiger partial charge in [-0.2, -0.15) is 0 Å². The van der Waals surface area contributed by atoms with Gasteiger partial charge in [0, 0.05) is 13.0 Å². The van der Waals surface area contributed by atoms with Crippen molar-refractivity contribution < 1.29 is 33.1 Å². The maximum Gasteiger partial charge on any atom is 0.472 e. The fourth-order valence-electron chi connectivity index (χ4n) is 5.91. The molecular formula is C41H86NO7P. The fourth-order valence-corrected chi connectivity index (χ4v) is 6.71. The monoisotopic (exact) mass is 736 g/mol. The average Bonchev–Trinajstić information content (AvgIpc) is 3.09. The Kier molecular flexibility index (Phi) is 42.6. The molecule has 302 valence electrons. The molecule has 8 nitrogen and oxygen atoms in total. The number of esters is 1. The Hall–Kier alpha value is -0.500. The lowest BCUT2D eigenvalue weighted by Gasteiger charge is -2.21. The Morgan fingerprint density at radius 2 is 0.940 bits per heavy atom. The van der Waals surface area contributed by atoms with E-state index in [4.69, 9.17) is 13.8 Å². The highest BCUT2D eigenvalue weighted by molar-refractivity contribution is 7.47. The van der Waals surface area contributed by atoms with E-state index in [0.717, 1.165) is 109 Å². The summed E-state index contributed by atoms with van der Waals surface area (Å²) in [6.45, 7) is 14.3. The van der Waals surface area contributed by atoms with E-state index in [2.05, 4.69) is 32.6 Å². The zero-order chi connectivity index (χ0) is 37.4. The Morgan fingerprint density at radius 1 is 0.560 bits per heavy atom. The third kappa shape index (κ3) is 41.9. The van der Waals surface area contributed by atoms with Crippen LogP contribution in [0.2, 0.25) is 0 Å². The van der Waals surface area contributed by atoms with Gasteiger partial charge in [-0.1, -0.05) is 156 Å². The molecule has 9 heteroatoms. The number of nitrogens with zero attached hydrogens (tertiary/aromatic N) is 1. The summed E-state index contributed by atoms with van der Waals surface area (Å²) < 4.78 is 27.7. The van der Waals surface area contributed by atoms with Crippen molar-refractivity contribution in [3.8, 4) is 0 Å². The molecule has 2 atom stereocenters. The van der Waals surface area contributed by atoms with E-state index in [-0.39, 0.29) is 31.9 Å². The van der Waals surface area contributed by atoms with E-state index >= 15 is 0 Å². The van der Waals surface area contributed by atoms with Crippen LogP contribution in [0.4, 0.5) is 0 Å². The number of carbonyl (C=O) groups excluding carboxylic acids is 1. The summed E-state index contributed by atoms with van der Waals surface area (Å²) in [6, 6.07) is 0. The lowest BCUT2D eigenvalue weighted by Crippen LogP contribution is -2.29. The lowest BCUT2D eigenvalue weighted by molar-refractivity contribution is -0.148. The molecule has 0 aromatic carbocycles. The molecule has 0 aromatic heterocycles. The molecule has 0 heterocycles. The molecule has 0 saturated carbocycles. The molecule has 0 aliphatic rings. The van der Waals surface area contributed by atoms with Crippen molar-refractivity contribution in [3.63, 3.8) is 0 Å². The van der Waals surface area contributed by atoms with Crippen LogP contribution in [0.15, 0.2) is 0 Å². The smallest absolute Gasteiger partial charge is 0.463 e. The number of hydrogen-bond acceptors (Lipinski definition) is 7. The van der Waals surface area contributed by atoms with Crippen LogP contribution < -0.4 is 0 Å². The Bertz CT molecular complexity index is 721. The summed E-state index contributed by atoms with van der Waals surface area (Å²) in [5.41, 5.74) is 0. The van der Waals surface area contributed by atoms with Crippen LogP contribution in [-0.2, 0) is 23.1 Å². The third-order valence-electron chi connectivity index (χ3n) is 9.15. The second kappa shape index (κ2) is 41.3. The van der Waals surface area contributed by atoms with Gasteiger partial charge >= 0.3 is 13.8 Å². The van der Waals surface area contributed by atoms with Crippen LogP contribution >= 0.6 is 7.82 Å². The SMILES string of the molecule is CCCCCCCC.CCCCCCCCOP(=O)(O)OCCCCCCCN(CCO)CCCCCCCC(=O)OC(C)CCCCCC. The van der Waals surface area contributed by atoms with Crippen molar-refractivity contribution in [2.75, 3.05) is 39.5 Å². The van der Waals surface area contributed by atoms with Gasteiger partial charge < -0.3 is 19.6 Å². The Balaban J connectivity index is 0. The van der Waals surface area contributed by atoms with E-state index in [1.807, 2.05) is 6.92 Å². The largest absolute Gasteiger partial charge is 0.472 e. The van der Waals surface area contributed by atoms with Crippen molar-refractivity contribution >= 4 is 13.8 Å².